The number of nitrogens with one attached hydrogen (secondary N) is 1. The van der Waals surface area contributed by atoms with Gasteiger partial charge in [-0.25, -0.2) is 0 Å². The van der Waals surface area contributed by atoms with Crippen LogP contribution in [0.5, 0.6) is 0 Å². The Morgan fingerprint density at radius 2 is 1.84 bits per heavy atom. The number of halogens is 2. The fourth-order valence-electron chi connectivity index (χ4n) is 2.96. The molecule has 0 spiro atoms. The Hall–Kier alpha value is -2.74. The lowest BCUT2D eigenvalue weighted by Gasteiger charge is -2.13. The Kier molecular flexibility index (Phi) is 6.65. The molecule has 0 aliphatic carbocycles. The Balaban J connectivity index is 1.57. The van der Waals surface area contributed by atoms with Gasteiger partial charge in [0.15, 0.2) is 11.0 Å². The van der Waals surface area contributed by atoms with E-state index in [4.69, 9.17) is 27.6 Å². The van der Waals surface area contributed by atoms with Crippen LogP contribution in [0.25, 0.3) is 11.4 Å². The summed E-state index contributed by atoms with van der Waals surface area (Å²) in [5.74, 6) is 1.27. The fourth-order valence-corrected chi connectivity index (χ4v) is 4.33. The minimum absolute atomic E-state index is 0.197. The highest BCUT2D eigenvalue weighted by molar-refractivity contribution is 8.00. The van der Waals surface area contributed by atoms with Crippen molar-refractivity contribution in [3.05, 3.63) is 82.7 Å². The van der Waals surface area contributed by atoms with Crippen molar-refractivity contribution in [2.75, 3.05) is 5.32 Å². The normalized spacial score (nSPS) is 12.0. The van der Waals surface area contributed by atoms with Gasteiger partial charge in [-0.3, -0.25) is 9.36 Å². The van der Waals surface area contributed by atoms with Crippen LogP contribution in [0, 0.1) is 0 Å². The number of benzene rings is 2. The minimum Gasteiger partial charge on any atom is -0.467 e. The van der Waals surface area contributed by atoms with Gasteiger partial charge in [-0.15, -0.1) is 10.2 Å². The van der Waals surface area contributed by atoms with Crippen LogP contribution in [0.4, 0.5) is 5.69 Å². The van der Waals surface area contributed by atoms with Crippen LogP contribution in [-0.4, -0.2) is 25.9 Å². The minimum atomic E-state index is -0.444. The molecule has 4 rings (SSSR count). The average Bonchev–Trinajstić information content (AvgIpc) is 3.39. The largest absolute Gasteiger partial charge is 0.467 e. The van der Waals surface area contributed by atoms with Gasteiger partial charge in [0.2, 0.25) is 5.91 Å². The number of furan rings is 1. The van der Waals surface area contributed by atoms with Crippen molar-refractivity contribution < 1.29 is 9.21 Å². The second-order valence-electron chi connectivity index (χ2n) is 6.75. The molecule has 1 amide bonds. The highest BCUT2D eigenvalue weighted by Gasteiger charge is 2.22. The van der Waals surface area contributed by atoms with Gasteiger partial charge in [0.25, 0.3) is 0 Å². The lowest BCUT2D eigenvalue weighted by molar-refractivity contribution is -0.115. The first-order valence-corrected chi connectivity index (χ1v) is 11.1. The average molecular weight is 473 g/mol. The zero-order valence-corrected chi connectivity index (χ0v) is 18.8. The number of aromatic nitrogens is 3. The van der Waals surface area contributed by atoms with Crippen LogP contribution in [0.2, 0.25) is 10.0 Å². The summed E-state index contributed by atoms with van der Waals surface area (Å²) in [7, 11) is 0. The predicted octanol–water partition coefficient (Wildman–Crippen LogP) is 6.01. The Labute approximate surface area is 193 Å². The van der Waals surface area contributed by atoms with Crippen LogP contribution in [-0.2, 0) is 11.3 Å². The van der Waals surface area contributed by atoms with Crippen molar-refractivity contribution in [1.82, 2.24) is 14.8 Å². The number of carbonyl (C=O) groups is 1. The molecule has 158 valence electrons. The predicted molar refractivity (Wildman–Crippen MR) is 124 cm³/mol. The quantitative estimate of drug-likeness (QED) is 0.333. The highest BCUT2D eigenvalue weighted by atomic mass is 35.5. The van der Waals surface area contributed by atoms with Gasteiger partial charge in [-0.2, -0.15) is 0 Å². The van der Waals surface area contributed by atoms with Crippen LogP contribution in [0.1, 0.15) is 12.7 Å². The molecule has 2 aromatic heterocycles. The van der Waals surface area contributed by atoms with Gasteiger partial charge in [0.05, 0.1) is 18.1 Å². The van der Waals surface area contributed by atoms with Crippen molar-refractivity contribution in [3.63, 3.8) is 0 Å². The second kappa shape index (κ2) is 9.60. The number of thioether (sulfide) groups is 1. The van der Waals surface area contributed by atoms with Crippen LogP contribution >= 0.6 is 35.0 Å². The molecule has 9 heteroatoms. The number of anilines is 1. The summed E-state index contributed by atoms with van der Waals surface area (Å²) < 4.78 is 7.46. The van der Waals surface area contributed by atoms with Crippen LogP contribution in [0.15, 0.2) is 76.5 Å². The SMILES string of the molecule is CC(Sc1nnc(-c2ccccc2)n1Cc1ccco1)C(=O)Nc1cc(Cl)cc(Cl)c1. The maximum atomic E-state index is 12.8. The molecule has 4 aromatic rings. The van der Waals surface area contributed by atoms with Gasteiger partial charge >= 0.3 is 0 Å². The van der Waals surface area contributed by atoms with Crippen molar-refractivity contribution in [2.45, 2.75) is 23.9 Å². The maximum Gasteiger partial charge on any atom is 0.237 e. The number of carbonyl (C=O) groups excluding carboxylic acids is 1. The number of rotatable bonds is 7. The molecule has 0 saturated carbocycles. The molecule has 0 aliphatic rings. The first kappa shape index (κ1) is 21.5. The van der Waals surface area contributed by atoms with Gasteiger partial charge < -0.3 is 9.73 Å². The van der Waals surface area contributed by atoms with E-state index >= 15 is 0 Å². The summed E-state index contributed by atoms with van der Waals surface area (Å²) in [5, 5.41) is 12.6. The van der Waals surface area contributed by atoms with Gasteiger partial charge in [-0.1, -0.05) is 65.3 Å². The monoisotopic (exact) mass is 472 g/mol. The highest BCUT2D eigenvalue weighted by Crippen LogP contribution is 2.29. The van der Waals surface area contributed by atoms with Crippen molar-refractivity contribution in [3.8, 4) is 11.4 Å². The summed E-state index contributed by atoms with van der Waals surface area (Å²) in [4.78, 5) is 12.8. The van der Waals surface area contributed by atoms with Crippen molar-refractivity contribution in [2.24, 2.45) is 0 Å². The van der Waals surface area contributed by atoms with Gasteiger partial charge in [0.1, 0.15) is 5.76 Å². The van der Waals surface area contributed by atoms with E-state index in [1.165, 1.54) is 11.8 Å². The molecule has 31 heavy (non-hydrogen) atoms. The standard InChI is InChI=1S/C22H18Cl2N4O2S/c1-14(21(29)25-18-11-16(23)10-17(24)12-18)31-22-27-26-20(15-6-3-2-4-7-15)28(22)13-19-8-5-9-30-19/h2-12,14H,13H2,1H3,(H,25,29). The van der Waals surface area contributed by atoms with Gasteiger partial charge in [0, 0.05) is 21.3 Å². The zero-order valence-electron chi connectivity index (χ0n) is 16.5. The van der Waals surface area contributed by atoms with E-state index < -0.39 is 5.25 Å². The van der Waals surface area contributed by atoms with E-state index in [0.29, 0.717) is 33.3 Å². The maximum absolute atomic E-state index is 12.8. The third-order valence-electron chi connectivity index (χ3n) is 4.42. The van der Waals surface area contributed by atoms with E-state index in [0.717, 1.165) is 11.3 Å². The smallest absolute Gasteiger partial charge is 0.237 e. The second-order valence-corrected chi connectivity index (χ2v) is 8.93. The van der Waals surface area contributed by atoms with E-state index in [-0.39, 0.29) is 5.91 Å². The van der Waals surface area contributed by atoms with Crippen LogP contribution < -0.4 is 5.32 Å². The summed E-state index contributed by atoms with van der Waals surface area (Å²) in [6, 6.07) is 18.4. The lowest BCUT2D eigenvalue weighted by Crippen LogP contribution is -2.23. The Morgan fingerprint density at radius 1 is 1.10 bits per heavy atom. The number of nitrogens with zero attached hydrogens (tertiary/aromatic N) is 3. The van der Waals surface area contributed by atoms with E-state index in [1.54, 1.807) is 31.4 Å². The molecule has 0 saturated heterocycles. The van der Waals surface area contributed by atoms with Crippen molar-refractivity contribution >= 4 is 46.6 Å². The topological polar surface area (TPSA) is 73.0 Å². The summed E-state index contributed by atoms with van der Waals surface area (Å²) in [6.07, 6.45) is 1.63. The Morgan fingerprint density at radius 3 is 2.52 bits per heavy atom. The van der Waals surface area contributed by atoms with E-state index in [9.17, 15) is 4.79 Å². The molecule has 0 fully saturated rings. The Bertz CT molecular complexity index is 1160. The third kappa shape index (κ3) is 5.31. The molecule has 6 nitrogen and oxygen atoms in total. The number of hydrogen-bond donors (Lipinski definition) is 1. The first-order chi connectivity index (χ1) is 15.0. The summed E-state index contributed by atoms with van der Waals surface area (Å²) >= 11 is 13.4. The number of amides is 1. The fraction of sp³-hybridized carbons (Fsp3) is 0.136. The number of hydrogen-bond acceptors (Lipinski definition) is 5. The first-order valence-electron chi connectivity index (χ1n) is 9.44. The zero-order chi connectivity index (χ0) is 21.8. The molecule has 2 aromatic carbocycles. The molecular formula is C22H18Cl2N4O2S. The van der Waals surface area contributed by atoms with E-state index in [1.807, 2.05) is 47.0 Å². The molecule has 0 radical (unpaired) electrons. The van der Waals surface area contributed by atoms with Crippen LogP contribution in [0.3, 0.4) is 0 Å². The van der Waals surface area contributed by atoms with Gasteiger partial charge in [-0.05, 0) is 37.3 Å². The molecule has 0 aliphatic heterocycles. The molecule has 2 heterocycles. The van der Waals surface area contributed by atoms with Crippen molar-refractivity contribution in [1.29, 1.82) is 0 Å². The molecular weight excluding hydrogens is 455 g/mol. The third-order valence-corrected chi connectivity index (χ3v) is 5.94. The molecule has 1 atom stereocenters. The lowest BCUT2D eigenvalue weighted by atomic mass is 10.2. The molecule has 1 N–H and O–H groups in total. The molecule has 1 unspecified atom stereocenters. The van der Waals surface area contributed by atoms with E-state index in [2.05, 4.69) is 15.5 Å². The summed E-state index contributed by atoms with van der Waals surface area (Å²) in [5.41, 5.74) is 1.47. The summed E-state index contributed by atoms with van der Waals surface area (Å²) in [6.45, 7) is 2.26. The molecule has 0 bridgehead atoms.